The predicted octanol–water partition coefficient (Wildman–Crippen LogP) is 23.6. The van der Waals surface area contributed by atoms with Gasteiger partial charge in [0, 0.05) is 22.3 Å². The number of phenols is 4. The Morgan fingerprint density at radius 3 is 0.895 bits per heavy atom. The second-order valence-electron chi connectivity index (χ2n) is 28.9. The molecule has 0 spiro atoms. The fraction of sp³-hybridized carbons (Fsp3) is 0.0769. The standard InChI is InChI=1S/C29H21N3O2.3C25H19N3O2/c1-2-34-29-31-27(23-13-7-8-14-26(23)33)30-28(32-29)25-17-24-19-10-4-3-9-18(19)15-16-22(24)20-11-5-6-12-21(20)25;1-2-30-25-27-23(20-13-7-8-14-21(20)29)26-24(28-25)22-18-11-5-3-9-16(18)15-17-10-4-6-12-19(17)22;1-2-30-25-27-23(20-13-7-8-14-22(20)29)26-24(28-25)21-15-16-9-3-4-10-17(16)18-11-5-6-12-19(18)21;1-2-30-25-27-23(26-24(28-25)21-9-5-6-10-22(21)29)19-12-11-18-13-16-7-3-4-8-17(16)14-20(18)15-19/h3-17,33H,2H2,1H3;3*3-15,29H,2H2,1H3. The average Bonchev–Trinajstić information content (AvgIpc) is 1.07. The van der Waals surface area contributed by atoms with Crippen molar-refractivity contribution < 1.29 is 39.4 Å². The third kappa shape index (κ3) is 16.2. The highest BCUT2D eigenvalue weighted by Gasteiger charge is 2.23. The van der Waals surface area contributed by atoms with Gasteiger partial charge in [0.1, 0.15) is 23.0 Å². The second-order valence-corrected chi connectivity index (χ2v) is 28.9. The van der Waals surface area contributed by atoms with Gasteiger partial charge in [0.25, 0.3) is 0 Å². The van der Waals surface area contributed by atoms with E-state index >= 15 is 0 Å². The van der Waals surface area contributed by atoms with Crippen LogP contribution in [0.4, 0.5) is 0 Å². The van der Waals surface area contributed by atoms with E-state index in [0.29, 0.717) is 95.3 Å². The lowest BCUT2D eigenvalue weighted by Gasteiger charge is -2.13. The smallest absolute Gasteiger partial charge is 0.320 e. The molecule has 0 atom stereocenters. The highest BCUT2D eigenvalue weighted by atomic mass is 16.5. The van der Waals surface area contributed by atoms with Crippen molar-refractivity contribution in [2.75, 3.05) is 26.4 Å². The first-order valence-electron chi connectivity index (χ1n) is 40.7. The number of hydrogen-bond acceptors (Lipinski definition) is 20. The van der Waals surface area contributed by atoms with Crippen molar-refractivity contribution in [3.63, 3.8) is 0 Å². The number of aromatic hydroxyl groups is 4. The van der Waals surface area contributed by atoms with Crippen LogP contribution in [0.5, 0.6) is 47.0 Å². The van der Waals surface area contributed by atoms with Gasteiger partial charge in [-0.25, -0.2) is 19.9 Å². The van der Waals surface area contributed by atoms with Gasteiger partial charge in [0.05, 0.1) is 48.7 Å². The number of para-hydroxylation sites is 4. The zero-order valence-corrected chi connectivity index (χ0v) is 67.8. The summed E-state index contributed by atoms with van der Waals surface area (Å²) < 4.78 is 22.5. The van der Waals surface area contributed by atoms with E-state index < -0.39 is 0 Å². The lowest BCUT2D eigenvalue weighted by Crippen LogP contribution is -2.03. The largest absolute Gasteiger partial charge is 0.507 e. The van der Waals surface area contributed by atoms with Gasteiger partial charge in [-0.2, -0.15) is 39.9 Å². The van der Waals surface area contributed by atoms with Gasteiger partial charge in [-0.3, -0.25) is 0 Å². The summed E-state index contributed by atoms with van der Waals surface area (Å²) in [6.45, 7) is 9.26. The molecule has 0 unspecified atom stereocenters. The maximum absolute atomic E-state index is 10.4. The number of fused-ring (bicyclic) bond motifs is 12. The number of nitrogens with zero attached hydrogens (tertiary/aromatic N) is 12. The molecule has 124 heavy (non-hydrogen) atoms. The minimum atomic E-state index is 0.108. The quantitative estimate of drug-likeness (QED) is 0.0517. The monoisotopic (exact) mass is 1620 g/mol. The Kier molecular flexibility index (Phi) is 22.3. The molecule has 4 N–H and O–H groups in total. The van der Waals surface area contributed by atoms with E-state index in [1.807, 2.05) is 131 Å². The number of phenolic OH excluding ortho intramolecular Hbond substituents is 4. The summed E-state index contributed by atoms with van der Waals surface area (Å²) in [5, 5.41) is 61.6. The number of hydrogen-bond donors (Lipinski definition) is 4. The van der Waals surface area contributed by atoms with E-state index in [1.54, 1.807) is 72.8 Å². The molecule has 602 valence electrons. The number of benzene rings is 17. The molecule has 0 fully saturated rings. The van der Waals surface area contributed by atoms with Crippen molar-refractivity contribution in [1.29, 1.82) is 0 Å². The lowest BCUT2D eigenvalue weighted by molar-refractivity contribution is 0.312. The first kappa shape index (κ1) is 78.7. The number of aromatic nitrogens is 12. The average molecular weight is 1620 g/mol. The van der Waals surface area contributed by atoms with Gasteiger partial charge in [0.15, 0.2) is 46.6 Å². The van der Waals surface area contributed by atoms with Crippen LogP contribution in [0.15, 0.2) is 328 Å². The number of rotatable bonds is 16. The Morgan fingerprint density at radius 1 is 0.185 bits per heavy atom. The van der Waals surface area contributed by atoms with E-state index in [2.05, 4.69) is 197 Å². The summed E-state index contributed by atoms with van der Waals surface area (Å²) in [6.07, 6.45) is 0. The Morgan fingerprint density at radius 2 is 0.460 bits per heavy atom. The van der Waals surface area contributed by atoms with Crippen LogP contribution in [-0.4, -0.2) is 107 Å². The van der Waals surface area contributed by atoms with Crippen molar-refractivity contribution in [2.45, 2.75) is 27.7 Å². The van der Waals surface area contributed by atoms with Gasteiger partial charge in [-0.05, 0) is 210 Å². The number of ether oxygens (including phenoxy) is 4. The SMILES string of the molecule is CCOc1nc(-c2ccc3cc4ccccc4cc3c2)nc(-c2ccccc2O)n1.CCOc1nc(-c2ccccc2O)nc(-c2c3ccccc3cc3ccccc23)n1.CCOc1nc(-c2ccccc2O)nc(-c2cc3c4ccccc4ccc3c3ccccc23)n1.CCOc1nc(-c2ccccc2O)nc(-c2cc3ccccc3c3ccccc23)n1. The van der Waals surface area contributed by atoms with Crippen LogP contribution < -0.4 is 18.9 Å². The van der Waals surface area contributed by atoms with Gasteiger partial charge in [0.2, 0.25) is 0 Å². The minimum Gasteiger partial charge on any atom is -0.507 e. The molecule has 0 bridgehead atoms. The van der Waals surface area contributed by atoms with Crippen LogP contribution in [0.1, 0.15) is 27.7 Å². The molecule has 0 aliphatic heterocycles. The highest BCUT2D eigenvalue weighted by Crippen LogP contribution is 2.43. The zero-order chi connectivity index (χ0) is 84.6. The Labute approximate surface area is 711 Å². The van der Waals surface area contributed by atoms with Crippen molar-refractivity contribution >= 4 is 97.0 Å². The summed E-state index contributed by atoms with van der Waals surface area (Å²) in [5.41, 5.74) is 5.70. The van der Waals surface area contributed by atoms with Crippen LogP contribution in [-0.2, 0) is 0 Å². The zero-order valence-electron chi connectivity index (χ0n) is 67.8. The van der Waals surface area contributed by atoms with Crippen molar-refractivity contribution in [3.8, 4) is 138 Å². The van der Waals surface area contributed by atoms with E-state index in [9.17, 15) is 20.4 Å². The van der Waals surface area contributed by atoms with Crippen LogP contribution in [0, 0.1) is 0 Å². The summed E-state index contributed by atoms with van der Waals surface area (Å²) in [5.74, 6) is 3.96. The van der Waals surface area contributed by atoms with Crippen molar-refractivity contribution in [1.82, 2.24) is 59.8 Å². The van der Waals surface area contributed by atoms with Gasteiger partial charge < -0.3 is 39.4 Å². The van der Waals surface area contributed by atoms with Crippen LogP contribution in [0.3, 0.4) is 0 Å². The van der Waals surface area contributed by atoms with Crippen molar-refractivity contribution in [3.05, 3.63) is 328 Å². The Bertz CT molecular complexity index is 7560. The summed E-state index contributed by atoms with van der Waals surface area (Å²) in [6, 6.07) is 108. The summed E-state index contributed by atoms with van der Waals surface area (Å²) in [4.78, 5) is 54.9. The van der Waals surface area contributed by atoms with E-state index in [4.69, 9.17) is 33.9 Å². The molecule has 0 saturated carbocycles. The summed E-state index contributed by atoms with van der Waals surface area (Å²) in [7, 11) is 0. The molecule has 0 aliphatic carbocycles. The molecular formula is C104H78N12O8. The third-order valence-electron chi connectivity index (χ3n) is 21.1. The fourth-order valence-corrected chi connectivity index (χ4v) is 15.4. The molecule has 0 aliphatic rings. The third-order valence-corrected chi connectivity index (χ3v) is 21.1. The predicted molar refractivity (Wildman–Crippen MR) is 492 cm³/mol. The first-order chi connectivity index (χ1) is 60.9. The Hall–Kier alpha value is -16.5. The topological polar surface area (TPSA) is 273 Å². The molecule has 0 saturated heterocycles. The molecule has 20 heteroatoms. The van der Waals surface area contributed by atoms with E-state index in [0.717, 1.165) is 86.9 Å². The maximum Gasteiger partial charge on any atom is 0.320 e. The molecule has 21 aromatic rings. The molecule has 0 amide bonds. The van der Waals surface area contributed by atoms with E-state index in [-0.39, 0.29) is 47.0 Å². The van der Waals surface area contributed by atoms with E-state index in [1.165, 1.54) is 32.3 Å². The van der Waals surface area contributed by atoms with Crippen LogP contribution in [0.2, 0.25) is 0 Å². The van der Waals surface area contributed by atoms with Gasteiger partial charge >= 0.3 is 24.0 Å². The Balaban J connectivity index is 0.000000113. The molecule has 0 radical (unpaired) electrons. The molecule has 21 rings (SSSR count). The van der Waals surface area contributed by atoms with Crippen molar-refractivity contribution in [2.24, 2.45) is 0 Å². The highest BCUT2D eigenvalue weighted by molar-refractivity contribution is 6.21. The summed E-state index contributed by atoms with van der Waals surface area (Å²) >= 11 is 0. The maximum atomic E-state index is 10.4. The minimum absolute atomic E-state index is 0.108. The first-order valence-corrected chi connectivity index (χ1v) is 40.7. The fourth-order valence-electron chi connectivity index (χ4n) is 15.4. The molecular weight excluding hydrogens is 1550 g/mol. The van der Waals surface area contributed by atoms with Crippen LogP contribution in [0.25, 0.3) is 188 Å². The van der Waals surface area contributed by atoms with Crippen LogP contribution >= 0.6 is 0 Å². The second kappa shape index (κ2) is 35.2. The lowest BCUT2D eigenvalue weighted by atomic mass is 9.93. The molecule has 17 aromatic carbocycles. The molecule has 4 heterocycles. The van der Waals surface area contributed by atoms with Gasteiger partial charge in [-0.15, -0.1) is 0 Å². The molecule has 20 nitrogen and oxygen atoms in total. The normalized spacial score (nSPS) is 11.2. The molecule has 4 aromatic heterocycles. The van der Waals surface area contributed by atoms with Gasteiger partial charge in [-0.1, -0.05) is 243 Å².